The molecule has 122 valence electrons. The lowest BCUT2D eigenvalue weighted by Crippen LogP contribution is -2.47. The zero-order valence-electron chi connectivity index (χ0n) is 13.0. The molecule has 8 heteroatoms. The molecule has 2 aromatic rings. The monoisotopic (exact) mass is 332 g/mol. The number of benzene rings is 1. The summed E-state index contributed by atoms with van der Waals surface area (Å²) in [5, 5.41) is 7.48. The number of aryl methyl sites for hydroxylation is 1. The first-order valence-corrected chi connectivity index (χ1v) is 7.66. The molecule has 0 aliphatic heterocycles. The van der Waals surface area contributed by atoms with Crippen molar-refractivity contribution in [2.24, 2.45) is 0 Å². The van der Waals surface area contributed by atoms with E-state index in [-0.39, 0.29) is 11.7 Å². The molecule has 0 bridgehead atoms. The van der Waals surface area contributed by atoms with E-state index in [0.29, 0.717) is 17.3 Å². The van der Waals surface area contributed by atoms with Gasteiger partial charge in [0.25, 0.3) is 5.91 Å². The summed E-state index contributed by atoms with van der Waals surface area (Å²) in [6.45, 7) is 4.53. The standard InChI is InChI=1S/C15H20N6OS/c1-3-21-9-12(16)13(20-21)14(22)18-19-15(23)17-10(2)11-7-5-4-6-8-11/h4-10H,3,16H2,1-2H3,(H,18,22)(H2,17,19,23). The largest absolute Gasteiger partial charge is 0.396 e. The Balaban J connectivity index is 1.86. The summed E-state index contributed by atoms with van der Waals surface area (Å²) >= 11 is 5.17. The molecule has 1 aromatic carbocycles. The van der Waals surface area contributed by atoms with Crippen LogP contribution in [-0.2, 0) is 6.54 Å². The molecule has 0 spiro atoms. The lowest BCUT2D eigenvalue weighted by molar-refractivity contribution is 0.0938. The van der Waals surface area contributed by atoms with Crippen LogP contribution in [0.25, 0.3) is 0 Å². The van der Waals surface area contributed by atoms with Gasteiger partial charge in [0.05, 0.1) is 11.7 Å². The molecule has 0 fully saturated rings. The number of thiocarbonyl (C=S) groups is 1. The van der Waals surface area contributed by atoms with Crippen molar-refractivity contribution < 1.29 is 4.79 Å². The molecule has 5 N–H and O–H groups in total. The quantitative estimate of drug-likeness (QED) is 0.499. The molecule has 1 heterocycles. The molecule has 7 nitrogen and oxygen atoms in total. The normalized spacial score (nSPS) is 11.6. The first-order valence-electron chi connectivity index (χ1n) is 7.26. The number of amides is 1. The van der Waals surface area contributed by atoms with Gasteiger partial charge in [0.2, 0.25) is 0 Å². The van der Waals surface area contributed by atoms with Crippen molar-refractivity contribution in [3.05, 3.63) is 47.8 Å². The third kappa shape index (κ3) is 4.43. The number of nitrogens with zero attached hydrogens (tertiary/aromatic N) is 2. The predicted octanol–water partition coefficient (Wildman–Crippen LogP) is 1.36. The molecule has 1 amide bonds. The summed E-state index contributed by atoms with van der Waals surface area (Å²) in [6, 6.07) is 9.87. The van der Waals surface area contributed by atoms with Gasteiger partial charge in [0.1, 0.15) is 0 Å². The van der Waals surface area contributed by atoms with E-state index < -0.39 is 5.91 Å². The van der Waals surface area contributed by atoms with E-state index in [9.17, 15) is 4.79 Å². The molecule has 0 saturated carbocycles. The highest BCUT2D eigenvalue weighted by atomic mass is 32.1. The fraction of sp³-hybridized carbons (Fsp3) is 0.267. The minimum Gasteiger partial charge on any atom is -0.396 e. The Morgan fingerprint density at radius 1 is 1.35 bits per heavy atom. The van der Waals surface area contributed by atoms with E-state index in [1.165, 1.54) is 0 Å². The van der Waals surface area contributed by atoms with E-state index in [1.54, 1.807) is 10.9 Å². The Morgan fingerprint density at radius 3 is 2.65 bits per heavy atom. The average molecular weight is 332 g/mol. The molecule has 2 rings (SSSR count). The third-order valence-corrected chi connectivity index (χ3v) is 3.49. The average Bonchev–Trinajstić information content (AvgIpc) is 2.94. The highest BCUT2D eigenvalue weighted by molar-refractivity contribution is 7.80. The van der Waals surface area contributed by atoms with Crippen LogP contribution in [0.1, 0.15) is 35.9 Å². The SMILES string of the molecule is CCn1cc(N)c(C(=O)NNC(=S)NC(C)c2ccccc2)n1. The maximum absolute atomic E-state index is 12.0. The van der Waals surface area contributed by atoms with Crippen LogP contribution in [0.2, 0.25) is 0 Å². The van der Waals surface area contributed by atoms with Crippen LogP contribution < -0.4 is 21.9 Å². The van der Waals surface area contributed by atoms with Gasteiger partial charge in [0, 0.05) is 12.7 Å². The number of carbonyl (C=O) groups is 1. The number of nitrogens with two attached hydrogens (primary N) is 1. The van der Waals surface area contributed by atoms with Crippen molar-refractivity contribution in [2.45, 2.75) is 26.4 Å². The van der Waals surface area contributed by atoms with Gasteiger partial charge in [-0.15, -0.1) is 0 Å². The van der Waals surface area contributed by atoms with Crippen LogP contribution >= 0.6 is 12.2 Å². The summed E-state index contributed by atoms with van der Waals surface area (Å²) in [6.07, 6.45) is 1.61. The molecule has 1 aromatic heterocycles. The van der Waals surface area contributed by atoms with E-state index in [4.69, 9.17) is 18.0 Å². The summed E-state index contributed by atoms with van der Waals surface area (Å²) in [5.41, 5.74) is 12.5. The van der Waals surface area contributed by atoms with Gasteiger partial charge >= 0.3 is 0 Å². The lowest BCUT2D eigenvalue weighted by Gasteiger charge is -2.17. The van der Waals surface area contributed by atoms with Crippen molar-refractivity contribution in [3.8, 4) is 0 Å². The number of hydrogen-bond acceptors (Lipinski definition) is 4. The fourth-order valence-corrected chi connectivity index (χ4v) is 2.23. The Hall–Kier alpha value is -2.61. The number of hydrazine groups is 1. The van der Waals surface area contributed by atoms with Gasteiger partial charge in [-0.2, -0.15) is 5.10 Å². The minimum atomic E-state index is -0.439. The van der Waals surface area contributed by atoms with E-state index in [1.807, 2.05) is 44.2 Å². The van der Waals surface area contributed by atoms with Crippen LogP contribution in [-0.4, -0.2) is 20.8 Å². The van der Waals surface area contributed by atoms with Crippen molar-refractivity contribution >= 4 is 28.9 Å². The third-order valence-electron chi connectivity index (χ3n) is 3.27. The van der Waals surface area contributed by atoms with Crippen molar-refractivity contribution in [2.75, 3.05) is 5.73 Å². The highest BCUT2D eigenvalue weighted by Gasteiger charge is 2.15. The summed E-state index contributed by atoms with van der Waals surface area (Å²) in [4.78, 5) is 12.0. The maximum Gasteiger partial charge on any atom is 0.292 e. The zero-order valence-corrected chi connectivity index (χ0v) is 13.9. The minimum absolute atomic E-state index is 0.0115. The van der Waals surface area contributed by atoms with Gasteiger partial charge in [-0.3, -0.25) is 20.3 Å². The number of aromatic nitrogens is 2. The first kappa shape index (κ1) is 16.8. The smallest absolute Gasteiger partial charge is 0.292 e. The van der Waals surface area contributed by atoms with Gasteiger partial charge in [0.15, 0.2) is 10.8 Å². The highest BCUT2D eigenvalue weighted by Crippen LogP contribution is 2.11. The van der Waals surface area contributed by atoms with Crippen molar-refractivity contribution in [1.29, 1.82) is 0 Å². The molecular weight excluding hydrogens is 312 g/mol. The zero-order chi connectivity index (χ0) is 16.8. The van der Waals surface area contributed by atoms with Gasteiger partial charge in [-0.25, -0.2) is 0 Å². The molecule has 0 aliphatic rings. The van der Waals surface area contributed by atoms with Crippen LogP contribution in [0.4, 0.5) is 5.69 Å². The number of rotatable bonds is 4. The van der Waals surface area contributed by atoms with Gasteiger partial charge in [-0.05, 0) is 31.6 Å². The number of carbonyl (C=O) groups excluding carboxylic acids is 1. The van der Waals surface area contributed by atoms with Crippen LogP contribution in [0.3, 0.4) is 0 Å². The van der Waals surface area contributed by atoms with Gasteiger partial charge in [-0.1, -0.05) is 30.3 Å². The Labute approximate surface area is 140 Å². The number of hydrogen-bond donors (Lipinski definition) is 4. The summed E-state index contributed by atoms with van der Waals surface area (Å²) in [5.74, 6) is -0.439. The second-order valence-corrected chi connectivity index (χ2v) is 5.38. The van der Waals surface area contributed by atoms with E-state index in [2.05, 4.69) is 21.3 Å². The second kappa shape index (κ2) is 7.59. The van der Waals surface area contributed by atoms with E-state index in [0.717, 1.165) is 5.56 Å². The van der Waals surface area contributed by atoms with Crippen LogP contribution in [0, 0.1) is 0 Å². The van der Waals surface area contributed by atoms with Crippen molar-refractivity contribution in [1.82, 2.24) is 25.9 Å². The van der Waals surface area contributed by atoms with Gasteiger partial charge < -0.3 is 11.1 Å². The Morgan fingerprint density at radius 2 is 2.04 bits per heavy atom. The number of nitrogens with one attached hydrogen (secondary N) is 3. The number of anilines is 1. The second-order valence-electron chi connectivity index (χ2n) is 4.97. The lowest BCUT2D eigenvalue weighted by atomic mass is 10.1. The van der Waals surface area contributed by atoms with Crippen LogP contribution in [0.15, 0.2) is 36.5 Å². The van der Waals surface area contributed by atoms with Crippen LogP contribution in [0.5, 0.6) is 0 Å². The molecular formula is C15H20N6OS. The van der Waals surface area contributed by atoms with Crippen molar-refractivity contribution in [3.63, 3.8) is 0 Å². The Kier molecular flexibility index (Phi) is 5.53. The first-order chi connectivity index (χ1) is 11.0. The maximum atomic E-state index is 12.0. The molecule has 1 atom stereocenters. The molecule has 0 aliphatic carbocycles. The fourth-order valence-electron chi connectivity index (χ4n) is 2.01. The van der Waals surface area contributed by atoms with E-state index >= 15 is 0 Å². The molecule has 0 saturated heterocycles. The topological polar surface area (TPSA) is 97.0 Å². The Bertz CT molecular complexity index is 685. The predicted molar refractivity (Wildman–Crippen MR) is 93.5 cm³/mol. The number of nitrogen functional groups attached to an aromatic ring is 1. The summed E-state index contributed by atoms with van der Waals surface area (Å²) in [7, 11) is 0. The summed E-state index contributed by atoms with van der Waals surface area (Å²) < 4.78 is 1.60. The molecule has 23 heavy (non-hydrogen) atoms. The molecule has 1 unspecified atom stereocenters. The molecule has 0 radical (unpaired) electrons.